The van der Waals surface area contributed by atoms with Gasteiger partial charge in [-0.05, 0) is 52.2 Å². The van der Waals surface area contributed by atoms with Gasteiger partial charge in [-0.15, -0.1) is 0 Å². The monoisotopic (exact) mass is 435 g/mol. The lowest BCUT2D eigenvalue weighted by Crippen LogP contribution is -2.26. The molecular formula is C17H14BrN3O4S. The van der Waals surface area contributed by atoms with Crippen LogP contribution in [-0.4, -0.2) is 26.0 Å². The summed E-state index contributed by atoms with van der Waals surface area (Å²) in [6, 6.07) is 10.2. The second kappa shape index (κ2) is 6.10. The van der Waals surface area contributed by atoms with Crippen LogP contribution in [0.5, 0.6) is 0 Å². The molecule has 9 heteroatoms. The zero-order chi connectivity index (χ0) is 18.5. The zero-order valence-electron chi connectivity index (χ0n) is 13.7. The molecular weight excluding hydrogens is 422 g/mol. The lowest BCUT2D eigenvalue weighted by atomic mass is 10.2. The number of hydrogen-bond acceptors (Lipinski definition) is 5. The number of fused-ring (bicyclic) bond motifs is 2. The number of halogens is 1. The number of hydrogen-bond donors (Lipinski definition) is 1. The zero-order valence-corrected chi connectivity index (χ0v) is 16.1. The molecule has 0 atom stereocenters. The summed E-state index contributed by atoms with van der Waals surface area (Å²) in [6.07, 6.45) is 0.690. The summed E-state index contributed by atoms with van der Waals surface area (Å²) in [6.45, 7) is 2.01. The first-order chi connectivity index (χ1) is 12.4. The fraction of sp³-hybridized carbons (Fsp3) is 0.176. The van der Waals surface area contributed by atoms with Crippen molar-refractivity contribution in [2.75, 3.05) is 16.2 Å². The van der Waals surface area contributed by atoms with Gasteiger partial charge in [-0.2, -0.15) is 0 Å². The summed E-state index contributed by atoms with van der Waals surface area (Å²) >= 11 is 3.33. The van der Waals surface area contributed by atoms with Gasteiger partial charge in [0.05, 0.1) is 5.39 Å². The highest BCUT2D eigenvalue weighted by Gasteiger charge is 2.28. The van der Waals surface area contributed by atoms with Crippen LogP contribution in [0.25, 0.3) is 11.0 Å². The van der Waals surface area contributed by atoms with Crippen LogP contribution in [0.1, 0.15) is 12.5 Å². The molecule has 0 spiro atoms. The number of nitrogens with zero attached hydrogens (tertiary/aromatic N) is 2. The molecule has 1 aromatic heterocycles. The molecule has 0 fully saturated rings. The van der Waals surface area contributed by atoms with Crippen LogP contribution in [0.3, 0.4) is 0 Å². The molecule has 134 valence electrons. The molecule has 7 nitrogen and oxygen atoms in total. The lowest BCUT2D eigenvalue weighted by molar-refractivity contribution is -0.116. The van der Waals surface area contributed by atoms with E-state index in [0.717, 1.165) is 5.56 Å². The third-order valence-corrected chi connectivity index (χ3v) is 6.60. The number of rotatable bonds is 3. The molecule has 0 bridgehead atoms. The normalized spacial score (nSPS) is 13.8. The molecule has 0 radical (unpaired) electrons. The van der Waals surface area contributed by atoms with E-state index in [-0.39, 0.29) is 16.6 Å². The van der Waals surface area contributed by atoms with Crippen molar-refractivity contribution in [2.45, 2.75) is 18.2 Å². The smallest absolute Gasteiger partial charge is 0.264 e. The summed E-state index contributed by atoms with van der Waals surface area (Å²) in [5.41, 5.74) is 2.03. The largest absolute Gasteiger partial charge is 0.354 e. The number of aromatic nitrogens is 1. The quantitative estimate of drug-likeness (QED) is 0.680. The second-order valence-electron chi connectivity index (χ2n) is 5.96. The van der Waals surface area contributed by atoms with Crippen LogP contribution in [0.4, 0.5) is 11.5 Å². The van der Waals surface area contributed by atoms with E-state index in [1.807, 2.05) is 0 Å². The van der Waals surface area contributed by atoms with Crippen molar-refractivity contribution in [3.05, 3.63) is 46.4 Å². The van der Waals surface area contributed by atoms with Gasteiger partial charge in [0.1, 0.15) is 4.90 Å². The number of amides is 1. The molecule has 2 aromatic carbocycles. The van der Waals surface area contributed by atoms with Gasteiger partial charge in [0.2, 0.25) is 5.91 Å². The standard InChI is InChI=1S/C17H14BrN3O4S/c1-10(22)21-7-6-11-8-13(18)16(9-14(11)21)26(23,24)20-17-12-4-2-3-5-15(12)25-19-17/h2-5,8-9H,6-7H2,1H3,(H,19,20). The third kappa shape index (κ3) is 2.77. The number of sulfonamides is 1. The Morgan fingerprint density at radius 3 is 2.85 bits per heavy atom. The molecule has 1 aliphatic rings. The molecule has 0 saturated carbocycles. The van der Waals surface area contributed by atoms with Crippen LogP contribution >= 0.6 is 15.9 Å². The maximum Gasteiger partial charge on any atom is 0.264 e. The number of para-hydroxylation sites is 1. The Labute approximate surface area is 158 Å². The van der Waals surface area contributed by atoms with Gasteiger partial charge in [-0.3, -0.25) is 9.52 Å². The SMILES string of the molecule is CC(=O)N1CCc2cc(Br)c(S(=O)(=O)Nc3noc4ccccc34)cc21. The van der Waals surface area contributed by atoms with Gasteiger partial charge in [-0.25, -0.2) is 8.42 Å². The lowest BCUT2D eigenvalue weighted by Gasteiger charge is -2.16. The first kappa shape index (κ1) is 17.0. The van der Waals surface area contributed by atoms with E-state index in [9.17, 15) is 13.2 Å². The van der Waals surface area contributed by atoms with E-state index in [0.29, 0.717) is 34.1 Å². The molecule has 1 N–H and O–H groups in total. The number of carbonyl (C=O) groups is 1. The maximum atomic E-state index is 12.9. The molecule has 0 unspecified atom stereocenters. The summed E-state index contributed by atoms with van der Waals surface area (Å²) in [7, 11) is -3.93. The fourth-order valence-corrected chi connectivity index (χ4v) is 5.19. The van der Waals surface area contributed by atoms with E-state index < -0.39 is 10.0 Å². The second-order valence-corrected chi connectivity index (χ2v) is 8.47. The Hall–Kier alpha value is -2.39. The van der Waals surface area contributed by atoms with Crippen LogP contribution in [-0.2, 0) is 21.2 Å². The van der Waals surface area contributed by atoms with Crippen LogP contribution in [0, 0.1) is 0 Å². The average Bonchev–Trinajstić information content (AvgIpc) is 3.18. The molecule has 4 rings (SSSR count). The van der Waals surface area contributed by atoms with E-state index in [1.165, 1.54) is 13.0 Å². The van der Waals surface area contributed by atoms with Gasteiger partial charge in [0, 0.05) is 23.6 Å². The van der Waals surface area contributed by atoms with Gasteiger partial charge in [0.25, 0.3) is 10.0 Å². The summed E-state index contributed by atoms with van der Waals surface area (Å²) in [5, 5.41) is 4.37. The van der Waals surface area contributed by atoms with Crippen LogP contribution in [0.15, 0.2) is 50.3 Å². The van der Waals surface area contributed by atoms with Crippen molar-refractivity contribution < 1.29 is 17.7 Å². The minimum absolute atomic E-state index is 0.0384. The van der Waals surface area contributed by atoms with Crippen molar-refractivity contribution in [3.8, 4) is 0 Å². The average molecular weight is 436 g/mol. The summed E-state index contributed by atoms with van der Waals surface area (Å²) in [5.74, 6) is 0.00120. The first-order valence-corrected chi connectivity index (χ1v) is 10.1. The predicted molar refractivity (Wildman–Crippen MR) is 101 cm³/mol. The summed E-state index contributed by atoms with van der Waals surface area (Å²) in [4.78, 5) is 13.4. The molecule has 3 aromatic rings. The fourth-order valence-electron chi connectivity index (χ4n) is 3.06. The number of carbonyl (C=O) groups excluding carboxylic acids is 1. The Bertz CT molecular complexity index is 1140. The number of benzene rings is 2. The predicted octanol–water partition coefficient (Wildman–Crippen LogP) is 3.30. The molecule has 0 aliphatic carbocycles. The molecule has 1 aliphatic heterocycles. The van der Waals surface area contributed by atoms with Crippen molar-refractivity contribution in [3.63, 3.8) is 0 Å². The van der Waals surface area contributed by atoms with E-state index >= 15 is 0 Å². The Morgan fingerprint density at radius 2 is 2.08 bits per heavy atom. The first-order valence-electron chi connectivity index (χ1n) is 7.84. The van der Waals surface area contributed by atoms with Gasteiger partial charge >= 0.3 is 0 Å². The van der Waals surface area contributed by atoms with E-state index in [2.05, 4.69) is 25.8 Å². The number of nitrogens with one attached hydrogen (secondary N) is 1. The Balaban J connectivity index is 1.77. The third-order valence-electron chi connectivity index (χ3n) is 4.31. The number of anilines is 2. The van der Waals surface area contributed by atoms with Gasteiger partial charge < -0.3 is 9.42 Å². The van der Waals surface area contributed by atoms with Crippen LogP contribution < -0.4 is 9.62 Å². The minimum Gasteiger partial charge on any atom is -0.354 e. The van der Waals surface area contributed by atoms with Crippen molar-refractivity contribution >= 4 is 54.3 Å². The minimum atomic E-state index is -3.93. The maximum absolute atomic E-state index is 12.9. The van der Waals surface area contributed by atoms with Crippen molar-refractivity contribution in [1.82, 2.24) is 5.16 Å². The van der Waals surface area contributed by atoms with Crippen LogP contribution in [0.2, 0.25) is 0 Å². The van der Waals surface area contributed by atoms with Gasteiger partial charge in [0.15, 0.2) is 11.4 Å². The van der Waals surface area contributed by atoms with E-state index in [1.54, 1.807) is 35.2 Å². The van der Waals surface area contributed by atoms with Crippen molar-refractivity contribution in [2.24, 2.45) is 0 Å². The molecule has 1 amide bonds. The highest BCUT2D eigenvalue weighted by molar-refractivity contribution is 9.10. The highest BCUT2D eigenvalue weighted by Crippen LogP contribution is 2.36. The molecule has 0 saturated heterocycles. The highest BCUT2D eigenvalue weighted by atomic mass is 79.9. The molecule has 26 heavy (non-hydrogen) atoms. The summed E-state index contributed by atoms with van der Waals surface area (Å²) < 4.78 is 33.9. The van der Waals surface area contributed by atoms with Gasteiger partial charge in [-0.1, -0.05) is 17.3 Å². The Kier molecular flexibility index (Phi) is 4.00. The van der Waals surface area contributed by atoms with E-state index in [4.69, 9.17) is 4.52 Å². The topological polar surface area (TPSA) is 92.5 Å². The Morgan fingerprint density at radius 1 is 1.31 bits per heavy atom. The molecule has 2 heterocycles. The van der Waals surface area contributed by atoms with Crippen molar-refractivity contribution in [1.29, 1.82) is 0 Å².